The van der Waals surface area contributed by atoms with Crippen LogP contribution in [0, 0.1) is 13.8 Å². The number of halogens is 1. The normalized spacial score (nSPS) is 11.8. The predicted molar refractivity (Wildman–Crippen MR) is 105 cm³/mol. The maximum Gasteiger partial charge on any atom is 0.251 e. The molecule has 0 saturated heterocycles. The van der Waals surface area contributed by atoms with Crippen molar-refractivity contribution in [1.29, 1.82) is 0 Å². The van der Waals surface area contributed by atoms with Crippen LogP contribution in [0.3, 0.4) is 0 Å². The minimum atomic E-state index is -0.192. The molecule has 1 aromatic carbocycles. The van der Waals surface area contributed by atoms with E-state index in [2.05, 4.69) is 36.2 Å². The Labute approximate surface area is 161 Å². The van der Waals surface area contributed by atoms with E-state index in [0.29, 0.717) is 11.4 Å². The van der Waals surface area contributed by atoms with Crippen LogP contribution in [0.2, 0.25) is 0 Å². The van der Waals surface area contributed by atoms with Crippen molar-refractivity contribution in [1.82, 2.24) is 20.3 Å². The topological polar surface area (TPSA) is 67.8 Å². The van der Waals surface area contributed by atoms with Gasteiger partial charge in [-0.2, -0.15) is 0 Å². The zero-order valence-corrected chi connectivity index (χ0v) is 16.4. The fourth-order valence-corrected chi connectivity index (χ4v) is 2.99. The summed E-state index contributed by atoms with van der Waals surface area (Å²) in [5, 5.41) is 2.99. The second-order valence-corrected chi connectivity index (χ2v) is 7.12. The molecule has 1 N–H and O–H groups in total. The molecule has 2 aromatic heterocycles. The van der Waals surface area contributed by atoms with E-state index in [0.717, 1.165) is 26.9 Å². The lowest BCUT2D eigenvalue weighted by atomic mass is 10.1. The Morgan fingerprint density at radius 3 is 2.42 bits per heavy atom. The predicted octanol–water partition coefficient (Wildman–Crippen LogP) is 4.41. The molecule has 132 valence electrons. The molecular formula is C20H19BrN4O. The lowest BCUT2D eigenvalue weighted by Crippen LogP contribution is -2.27. The summed E-state index contributed by atoms with van der Waals surface area (Å²) in [5.41, 5.74) is 4.23. The summed E-state index contributed by atoms with van der Waals surface area (Å²) in [6.45, 7) is 5.73. The third kappa shape index (κ3) is 4.32. The number of carbonyl (C=O) groups is 1. The lowest BCUT2D eigenvalue weighted by molar-refractivity contribution is 0.0940. The van der Waals surface area contributed by atoms with E-state index in [-0.39, 0.29) is 11.9 Å². The van der Waals surface area contributed by atoms with Crippen molar-refractivity contribution in [2.45, 2.75) is 26.8 Å². The zero-order valence-electron chi connectivity index (χ0n) is 14.8. The molecule has 1 unspecified atom stereocenters. The van der Waals surface area contributed by atoms with Crippen molar-refractivity contribution in [2.24, 2.45) is 0 Å². The third-order valence-electron chi connectivity index (χ3n) is 4.02. The molecule has 0 aliphatic rings. The second-order valence-electron chi connectivity index (χ2n) is 6.21. The number of aryl methyl sites for hydroxylation is 2. The monoisotopic (exact) mass is 410 g/mol. The molecule has 0 aliphatic heterocycles. The van der Waals surface area contributed by atoms with Crippen molar-refractivity contribution in [3.05, 3.63) is 75.9 Å². The molecule has 0 radical (unpaired) electrons. The average molecular weight is 411 g/mol. The van der Waals surface area contributed by atoms with Crippen molar-refractivity contribution < 1.29 is 4.79 Å². The van der Waals surface area contributed by atoms with Crippen LogP contribution >= 0.6 is 15.9 Å². The fourth-order valence-electron chi connectivity index (χ4n) is 2.50. The van der Waals surface area contributed by atoms with Gasteiger partial charge in [0.2, 0.25) is 0 Å². The minimum absolute atomic E-state index is 0.160. The highest BCUT2D eigenvalue weighted by Crippen LogP contribution is 2.24. The van der Waals surface area contributed by atoms with Crippen molar-refractivity contribution in [3.63, 3.8) is 0 Å². The van der Waals surface area contributed by atoms with Crippen LogP contribution in [0.15, 0.2) is 53.4 Å². The number of nitrogens with zero attached hydrogens (tertiary/aromatic N) is 3. The van der Waals surface area contributed by atoms with E-state index in [1.54, 1.807) is 18.5 Å². The molecule has 1 amide bonds. The Balaban J connectivity index is 1.83. The first-order valence-corrected chi connectivity index (χ1v) is 9.04. The molecule has 0 aliphatic carbocycles. The summed E-state index contributed by atoms with van der Waals surface area (Å²) in [6.07, 6.45) is 5.28. The number of benzene rings is 1. The molecule has 0 saturated carbocycles. The van der Waals surface area contributed by atoms with Crippen LogP contribution in [-0.4, -0.2) is 20.9 Å². The molecule has 0 bridgehead atoms. The molecule has 3 aromatic rings. The van der Waals surface area contributed by atoms with Crippen LogP contribution < -0.4 is 5.32 Å². The highest BCUT2D eigenvalue weighted by molar-refractivity contribution is 9.10. The Hall–Kier alpha value is -2.60. The van der Waals surface area contributed by atoms with Crippen molar-refractivity contribution >= 4 is 21.8 Å². The van der Waals surface area contributed by atoms with E-state index in [9.17, 15) is 4.79 Å². The molecule has 5 nitrogen and oxygen atoms in total. The summed E-state index contributed by atoms with van der Waals surface area (Å²) in [4.78, 5) is 25.5. The highest BCUT2D eigenvalue weighted by atomic mass is 79.9. The Morgan fingerprint density at radius 1 is 1.04 bits per heavy atom. The number of rotatable bonds is 4. The maximum atomic E-state index is 12.7. The first kappa shape index (κ1) is 18.2. The van der Waals surface area contributed by atoms with Crippen LogP contribution in [0.4, 0.5) is 0 Å². The summed E-state index contributed by atoms with van der Waals surface area (Å²) in [7, 11) is 0. The Bertz CT molecular complexity index is 924. The molecule has 1 atom stereocenters. The van der Waals surface area contributed by atoms with Crippen LogP contribution in [-0.2, 0) is 0 Å². The maximum absolute atomic E-state index is 12.7. The van der Waals surface area contributed by atoms with E-state index in [1.807, 2.05) is 51.2 Å². The number of carbonyl (C=O) groups excluding carboxylic acids is 1. The zero-order chi connectivity index (χ0) is 18.7. The van der Waals surface area contributed by atoms with Crippen LogP contribution in [0.5, 0.6) is 0 Å². The van der Waals surface area contributed by atoms with Gasteiger partial charge in [0.25, 0.3) is 5.91 Å². The van der Waals surface area contributed by atoms with E-state index in [1.165, 1.54) is 0 Å². The van der Waals surface area contributed by atoms with Gasteiger partial charge in [-0.3, -0.25) is 9.78 Å². The molecule has 6 heteroatoms. The van der Waals surface area contributed by atoms with Crippen LogP contribution in [0.1, 0.15) is 40.3 Å². The first-order chi connectivity index (χ1) is 12.4. The van der Waals surface area contributed by atoms with Gasteiger partial charge in [-0.15, -0.1) is 0 Å². The minimum Gasteiger partial charge on any atom is -0.345 e. The fraction of sp³-hybridized carbons (Fsp3) is 0.200. The van der Waals surface area contributed by atoms with Gasteiger partial charge >= 0.3 is 0 Å². The van der Waals surface area contributed by atoms with Gasteiger partial charge in [-0.05, 0) is 50.6 Å². The molecule has 2 heterocycles. The third-order valence-corrected chi connectivity index (χ3v) is 4.47. The number of hydrogen-bond acceptors (Lipinski definition) is 4. The molecule has 3 rings (SSSR count). The van der Waals surface area contributed by atoms with Crippen LogP contribution in [0.25, 0.3) is 11.3 Å². The number of pyridine rings is 1. The van der Waals surface area contributed by atoms with Gasteiger partial charge in [0, 0.05) is 39.8 Å². The first-order valence-electron chi connectivity index (χ1n) is 8.25. The number of amides is 1. The number of nitrogens with one attached hydrogen (secondary N) is 1. The van der Waals surface area contributed by atoms with Gasteiger partial charge in [0.05, 0.1) is 11.7 Å². The van der Waals surface area contributed by atoms with Crippen molar-refractivity contribution in [3.8, 4) is 11.3 Å². The smallest absolute Gasteiger partial charge is 0.251 e. The summed E-state index contributed by atoms with van der Waals surface area (Å²) >= 11 is 3.48. The van der Waals surface area contributed by atoms with Gasteiger partial charge < -0.3 is 5.32 Å². The summed E-state index contributed by atoms with van der Waals surface area (Å²) in [5.74, 6) is 0.544. The van der Waals surface area contributed by atoms with Gasteiger partial charge in [0.15, 0.2) is 0 Å². The van der Waals surface area contributed by atoms with Gasteiger partial charge in [0.1, 0.15) is 5.82 Å². The summed E-state index contributed by atoms with van der Waals surface area (Å²) in [6, 6.07) is 9.35. The van der Waals surface area contributed by atoms with E-state index < -0.39 is 0 Å². The molecular weight excluding hydrogens is 392 g/mol. The lowest BCUT2D eigenvalue weighted by Gasteiger charge is -2.14. The Morgan fingerprint density at radius 2 is 1.77 bits per heavy atom. The standard InChI is InChI=1S/C20H19BrN4O/c1-12-4-5-19(24-9-12)15-6-16(8-18(21)7-15)20(26)25-13(2)17-10-22-14(3)23-11-17/h4-11,13H,1-3H3,(H,25,26). The average Bonchev–Trinajstić information content (AvgIpc) is 2.62. The molecule has 0 spiro atoms. The van der Waals surface area contributed by atoms with E-state index in [4.69, 9.17) is 0 Å². The molecule has 26 heavy (non-hydrogen) atoms. The Kier molecular flexibility index (Phi) is 5.42. The van der Waals surface area contributed by atoms with Crippen molar-refractivity contribution in [2.75, 3.05) is 0 Å². The van der Waals surface area contributed by atoms with Gasteiger partial charge in [-0.25, -0.2) is 9.97 Å². The quantitative estimate of drug-likeness (QED) is 0.691. The van der Waals surface area contributed by atoms with Gasteiger partial charge in [-0.1, -0.05) is 22.0 Å². The highest BCUT2D eigenvalue weighted by Gasteiger charge is 2.14. The van der Waals surface area contributed by atoms with E-state index >= 15 is 0 Å². The SMILES string of the molecule is Cc1ccc(-c2cc(Br)cc(C(=O)NC(C)c3cnc(C)nc3)c2)nc1. The largest absolute Gasteiger partial charge is 0.345 e. The second kappa shape index (κ2) is 7.74. The number of hydrogen-bond donors (Lipinski definition) is 1. The molecule has 0 fully saturated rings. The number of aromatic nitrogens is 3. The summed E-state index contributed by atoms with van der Waals surface area (Å²) < 4.78 is 0.828.